The molecule has 2 aliphatic rings. The fraction of sp³-hybridized carbons (Fsp3) is 0.606. The van der Waals surface area contributed by atoms with Crippen molar-refractivity contribution in [3.8, 4) is 0 Å². The Bertz CT molecular complexity index is 1310. The second kappa shape index (κ2) is 18.7. The van der Waals surface area contributed by atoms with Crippen molar-refractivity contribution in [1.29, 1.82) is 0 Å². The van der Waals surface area contributed by atoms with Crippen LogP contribution in [0.15, 0.2) is 30.3 Å². The summed E-state index contributed by atoms with van der Waals surface area (Å²) in [5, 5.41) is 26.5. The zero-order valence-electron chi connectivity index (χ0n) is 27.9. The first-order chi connectivity index (χ1) is 22.9. The summed E-state index contributed by atoms with van der Waals surface area (Å²) in [5.74, 6) is -3.72. The fourth-order valence-electron chi connectivity index (χ4n) is 5.79. The molecule has 7 amide bonds. The standard InChI is InChI=1S/C33H49N7O8/c1-4-23-29(44)39-28(20(2)41)32(47)38-25(19-22-11-6-5-7-12-22)33(48)40-18-10-14-26(40)31(46)35-16-9-8-13-24(30(45)37-23)36-27(43)15-17-34-21(3)42/h5-7,11-12,20,23-26,28,41H,4,8-10,13-19H2,1-3H3,(H,34,42)(H,35,46)(H,36,43)(H,37,45)(H,38,47)(H,39,44)/t20-,23+,24+,25-,26+,28+/m1/s1. The highest BCUT2D eigenvalue weighted by atomic mass is 16.3. The number of benzene rings is 1. The average molecular weight is 672 g/mol. The van der Waals surface area contributed by atoms with Gasteiger partial charge in [-0.3, -0.25) is 33.6 Å². The molecule has 2 fully saturated rings. The molecular weight excluding hydrogens is 622 g/mol. The van der Waals surface area contributed by atoms with E-state index in [1.54, 1.807) is 19.1 Å². The van der Waals surface area contributed by atoms with Crippen LogP contribution in [0.4, 0.5) is 0 Å². The van der Waals surface area contributed by atoms with Gasteiger partial charge in [0.15, 0.2) is 0 Å². The lowest BCUT2D eigenvalue weighted by Crippen LogP contribution is -2.61. The van der Waals surface area contributed by atoms with Crippen LogP contribution >= 0.6 is 0 Å². The molecule has 15 nitrogen and oxygen atoms in total. The molecule has 0 radical (unpaired) electrons. The Kier molecular flexibility index (Phi) is 14.8. The van der Waals surface area contributed by atoms with Crippen molar-refractivity contribution in [3.05, 3.63) is 35.9 Å². The highest BCUT2D eigenvalue weighted by molar-refractivity contribution is 5.97. The summed E-state index contributed by atoms with van der Waals surface area (Å²) < 4.78 is 0. The summed E-state index contributed by atoms with van der Waals surface area (Å²) in [4.78, 5) is 92.8. The van der Waals surface area contributed by atoms with Crippen LogP contribution in [0.2, 0.25) is 0 Å². The van der Waals surface area contributed by atoms with Gasteiger partial charge in [0, 0.05) is 39.4 Å². The van der Waals surface area contributed by atoms with E-state index in [4.69, 9.17) is 0 Å². The Morgan fingerprint density at radius 3 is 2.29 bits per heavy atom. The summed E-state index contributed by atoms with van der Waals surface area (Å²) in [6, 6.07) is 3.60. The maximum absolute atomic E-state index is 13.9. The molecule has 1 aromatic carbocycles. The van der Waals surface area contributed by atoms with E-state index in [0.717, 1.165) is 5.56 Å². The van der Waals surface area contributed by atoms with Crippen LogP contribution in [0.3, 0.4) is 0 Å². The molecule has 0 bridgehead atoms. The lowest BCUT2D eigenvalue weighted by molar-refractivity contribution is -0.142. The maximum atomic E-state index is 13.9. The molecule has 0 aromatic heterocycles. The van der Waals surface area contributed by atoms with E-state index in [9.17, 15) is 38.7 Å². The summed E-state index contributed by atoms with van der Waals surface area (Å²) in [7, 11) is 0. The number of aliphatic hydroxyl groups is 1. The fourth-order valence-corrected chi connectivity index (χ4v) is 5.79. The van der Waals surface area contributed by atoms with Crippen LogP contribution in [0.5, 0.6) is 0 Å². The van der Waals surface area contributed by atoms with Crippen LogP contribution in [0, 0.1) is 0 Å². The first-order valence-electron chi connectivity index (χ1n) is 16.7. The third-order valence-corrected chi connectivity index (χ3v) is 8.44. The van der Waals surface area contributed by atoms with Gasteiger partial charge in [-0.15, -0.1) is 0 Å². The van der Waals surface area contributed by atoms with Gasteiger partial charge in [-0.2, -0.15) is 0 Å². The molecule has 7 N–H and O–H groups in total. The molecule has 3 rings (SSSR count). The molecule has 2 aliphatic heterocycles. The monoisotopic (exact) mass is 671 g/mol. The van der Waals surface area contributed by atoms with E-state index in [-0.39, 0.29) is 50.6 Å². The predicted octanol–water partition coefficient (Wildman–Crippen LogP) is -1.22. The summed E-state index contributed by atoms with van der Waals surface area (Å²) in [5.41, 5.74) is 0.762. The van der Waals surface area contributed by atoms with Crippen molar-refractivity contribution in [3.63, 3.8) is 0 Å². The van der Waals surface area contributed by atoms with Crippen LogP contribution in [-0.2, 0) is 40.0 Å². The van der Waals surface area contributed by atoms with Crippen molar-refractivity contribution >= 4 is 41.4 Å². The van der Waals surface area contributed by atoms with Crippen LogP contribution in [-0.4, -0.2) is 107 Å². The molecular formula is C33H49N7O8. The van der Waals surface area contributed by atoms with E-state index in [1.807, 2.05) is 18.2 Å². The van der Waals surface area contributed by atoms with E-state index in [0.29, 0.717) is 32.2 Å². The van der Waals surface area contributed by atoms with Crippen LogP contribution < -0.4 is 31.9 Å². The van der Waals surface area contributed by atoms with E-state index in [2.05, 4.69) is 31.9 Å². The van der Waals surface area contributed by atoms with Crippen LogP contribution in [0.1, 0.15) is 71.3 Å². The van der Waals surface area contributed by atoms with Gasteiger partial charge in [-0.1, -0.05) is 37.3 Å². The second-order valence-electron chi connectivity index (χ2n) is 12.3. The van der Waals surface area contributed by atoms with E-state index >= 15 is 0 Å². The molecule has 2 saturated heterocycles. The van der Waals surface area contributed by atoms with Crippen molar-refractivity contribution in [1.82, 2.24) is 36.8 Å². The van der Waals surface area contributed by atoms with Crippen molar-refractivity contribution in [2.24, 2.45) is 0 Å². The lowest BCUT2D eigenvalue weighted by Gasteiger charge is -2.30. The summed E-state index contributed by atoms with van der Waals surface area (Å²) in [6.45, 7) is 4.97. The van der Waals surface area contributed by atoms with Crippen molar-refractivity contribution in [2.75, 3.05) is 19.6 Å². The summed E-state index contributed by atoms with van der Waals surface area (Å²) >= 11 is 0. The van der Waals surface area contributed by atoms with Gasteiger partial charge in [0.25, 0.3) is 0 Å². The van der Waals surface area contributed by atoms with Gasteiger partial charge >= 0.3 is 0 Å². The Hall–Kier alpha value is -4.53. The zero-order chi connectivity index (χ0) is 35.2. The minimum absolute atomic E-state index is 0.0653. The highest BCUT2D eigenvalue weighted by Crippen LogP contribution is 2.20. The molecule has 2 heterocycles. The van der Waals surface area contributed by atoms with Gasteiger partial charge in [0.2, 0.25) is 41.4 Å². The number of hydrogen-bond donors (Lipinski definition) is 7. The molecule has 15 heteroatoms. The topological polar surface area (TPSA) is 215 Å². The quantitative estimate of drug-likeness (QED) is 0.177. The predicted molar refractivity (Wildman–Crippen MR) is 175 cm³/mol. The van der Waals surface area contributed by atoms with Gasteiger partial charge < -0.3 is 41.9 Å². The molecule has 0 unspecified atom stereocenters. The van der Waals surface area contributed by atoms with E-state index in [1.165, 1.54) is 18.7 Å². The van der Waals surface area contributed by atoms with Gasteiger partial charge in [-0.05, 0) is 51.0 Å². The number of hydrogen-bond acceptors (Lipinski definition) is 8. The number of rotatable bonds is 8. The molecule has 0 saturated carbocycles. The number of amides is 7. The largest absolute Gasteiger partial charge is 0.391 e. The smallest absolute Gasteiger partial charge is 0.246 e. The van der Waals surface area contributed by atoms with Crippen molar-refractivity contribution < 1.29 is 38.7 Å². The highest BCUT2D eigenvalue weighted by Gasteiger charge is 2.39. The number of nitrogens with zero attached hydrogens (tertiary/aromatic N) is 1. The third kappa shape index (κ3) is 11.3. The maximum Gasteiger partial charge on any atom is 0.246 e. The molecule has 6 atom stereocenters. The lowest BCUT2D eigenvalue weighted by atomic mass is 10.0. The third-order valence-electron chi connectivity index (χ3n) is 8.44. The van der Waals surface area contributed by atoms with E-state index < -0.39 is 65.8 Å². The SMILES string of the molecule is CC[C@@H]1NC(=O)[C@@H](NC(=O)CCNC(C)=O)CCCCNC(=O)[C@@H]2CCCN2C(=O)[C@@H](Cc2ccccc2)NC(=O)[C@H]([C@@H](C)O)NC1=O. The Morgan fingerprint density at radius 2 is 1.62 bits per heavy atom. The normalized spacial score (nSPS) is 25.5. The molecule has 48 heavy (non-hydrogen) atoms. The number of nitrogens with one attached hydrogen (secondary N) is 6. The first-order valence-corrected chi connectivity index (χ1v) is 16.7. The van der Waals surface area contributed by atoms with Gasteiger partial charge in [0.05, 0.1) is 6.10 Å². The summed E-state index contributed by atoms with van der Waals surface area (Å²) in [6.07, 6.45) is 0.948. The van der Waals surface area contributed by atoms with Gasteiger partial charge in [0.1, 0.15) is 30.2 Å². The number of aliphatic hydroxyl groups excluding tert-OH is 1. The second-order valence-corrected chi connectivity index (χ2v) is 12.3. The minimum Gasteiger partial charge on any atom is -0.391 e. The minimum atomic E-state index is -1.47. The Labute approximate surface area is 280 Å². The first kappa shape index (κ1) is 37.9. The average Bonchev–Trinajstić information content (AvgIpc) is 3.54. The molecule has 0 aliphatic carbocycles. The molecule has 0 spiro atoms. The van der Waals surface area contributed by atoms with Gasteiger partial charge in [-0.25, -0.2) is 0 Å². The van der Waals surface area contributed by atoms with Crippen LogP contribution in [0.25, 0.3) is 0 Å². The number of carbonyl (C=O) groups excluding carboxylic acids is 7. The van der Waals surface area contributed by atoms with Crippen molar-refractivity contribution in [2.45, 2.75) is 108 Å². The molecule has 1 aromatic rings. The number of fused-ring (bicyclic) bond motifs is 1. The Balaban J connectivity index is 1.88. The molecule has 264 valence electrons. The zero-order valence-corrected chi connectivity index (χ0v) is 27.9. The number of carbonyl (C=O) groups is 7. The Morgan fingerprint density at radius 1 is 0.917 bits per heavy atom.